The second-order valence-corrected chi connectivity index (χ2v) is 2.12. The van der Waals surface area contributed by atoms with Gasteiger partial charge in [-0.05, 0) is 0 Å². The van der Waals surface area contributed by atoms with E-state index in [-0.39, 0.29) is 0 Å². The summed E-state index contributed by atoms with van der Waals surface area (Å²) in [7, 11) is 3.61. The van der Waals surface area contributed by atoms with Gasteiger partial charge in [0.15, 0.2) is 0 Å². The molecule has 5 nitrogen and oxygen atoms in total. The monoisotopic (exact) mass is 143 g/mol. The van der Waals surface area contributed by atoms with E-state index < -0.39 is 6.03 Å². The second kappa shape index (κ2) is 2.66. The molecule has 1 aliphatic heterocycles. The van der Waals surface area contributed by atoms with Gasteiger partial charge in [0.1, 0.15) is 12.4 Å². The quantitative estimate of drug-likeness (QED) is 0.502. The number of carbonyl (C=O) groups excluding carboxylic acids is 1. The Balaban J connectivity index is 2.66. The third-order valence-electron chi connectivity index (χ3n) is 1.11. The lowest BCUT2D eigenvalue weighted by molar-refractivity contribution is 0.0812. The van der Waals surface area contributed by atoms with Gasteiger partial charge in [-0.3, -0.25) is 4.84 Å². The molecule has 0 aromatic heterocycles. The Morgan fingerprint density at radius 3 is 2.80 bits per heavy atom. The highest BCUT2D eigenvalue weighted by Crippen LogP contribution is 1.91. The van der Waals surface area contributed by atoms with Gasteiger partial charge in [0.25, 0.3) is 0 Å². The number of hydrogen-bond acceptors (Lipinski definition) is 3. The van der Waals surface area contributed by atoms with Crippen molar-refractivity contribution >= 4 is 11.9 Å². The molecule has 5 heteroatoms. The molecule has 0 saturated heterocycles. The summed E-state index contributed by atoms with van der Waals surface area (Å²) in [6.45, 7) is 0.332. The first kappa shape index (κ1) is 7.01. The predicted molar refractivity (Wildman–Crippen MR) is 35.6 cm³/mol. The predicted octanol–water partition coefficient (Wildman–Crippen LogP) is -0.399. The standard InChI is InChI=1S/C5H9N3O2/c1-8(2)4-3-10-7-5(9)6-4/h3H2,1-2H3,(H,7,9). The zero-order valence-electron chi connectivity index (χ0n) is 5.92. The minimum Gasteiger partial charge on any atom is -0.364 e. The van der Waals surface area contributed by atoms with E-state index in [0.29, 0.717) is 12.4 Å². The highest BCUT2D eigenvalue weighted by molar-refractivity contribution is 5.95. The molecule has 1 heterocycles. The summed E-state index contributed by atoms with van der Waals surface area (Å²) in [5.41, 5.74) is 2.11. The van der Waals surface area contributed by atoms with Crippen LogP contribution in [0.15, 0.2) is 4.99 Å². The summed E-state index contributed by atoms with van der Waals surface area (Å²) in [6.07, 6.45) is 0. The number of nitrogens with zero attached hydrogens (tertiary/aromatic N) is 2. The minimum atomic E-state index is -0.449. The molecule has 10 heavy (non-hydrogen) atoms. The molecule has 1 N–H and O–H groups in total. The molecule has 0 aromatic carbocycles. The third-order valence-corrected chi connectivity index (χ3v) is 1.11. The first-order chi connectivity index (χ1) is 4.70. The van der Waals surface area contributed by atoms with Crippen LogP contribution in [0.2, 0.25) is 0 Å². The van der Waals surface area contributed by atoms with Crippen molar-refractivity contribution in [1.82, 2.24) is 10.4 Å². The van der Waals surface area contributed by atoms with Crippen LogP contribution < -0.4 is 5.48 Å². The van der Waals surface area contributed by atoms with Crippen molar-refractivity contribution in [2.75, 3.05) is 20.7 Å². The lowest BCUT2D eigenvalue weighted by Crippen LogP contribution is -2.37. The van der Waals surface area contributed by atoms with Crippen LogP contribution in [0.5, 0.6) is 0 Å². The van der Waals surface area contributed by atoms with Crippen molar-refractivity contribution in [1.29, 1.82) is 0 Å². The van der Waals surface area contributed by atoms with Gasteiger partial charge < -0.3 is 4.90 Å². The van der Waals surface area contributed by atoms with E-state index in [1.165, 1.54) is 0 Å². The van der Waals surface area contributed by atoms with Crippen molar-refractivity contribution < 1.29 is 9.63 Å². The van der Waals surface area contributed by atoms with E-state index in [4.69, 9.17) is 0 Å². The van der Waals surface area contributed by atoms with Crippen LogP contribution in [0.4, 0.5) is 4.79 Å². The fraction of sp³-hybridized carbons (Fsp3) is 0.600. The van der Waals surface area contributed by atoms with Crippen LogP contribution in [0.25, 0.3) is 0 Å². The van der Waals surface area contributed by atoms with Crippen LogP contribution in [-0.2, 0) is 4.84 Å². The van der Waals surface area contributed by atoms with Crippen molar-refractivity contribution in [3.63, 3.8) is 0 Å². The van der Waals surface area contributed by atoms with Crippen molar-refractivity contribution in [2.24, 2.45) is 4.99 Å². The Kier molecular flexibility index (Phi) is 1.86. The number of hydroxylamine groups is 1. The topological polar surface area (TPSA) is 53.9 Å². The molecule has 0 bridgehead atoms. The van der Waals surface area contributed by atoms with E-state index in [9.17, 15) is 4.79 Å². The number of urea groups is 1. The molecular weight excluding hydrogens is 134 g/mol. The zero-order chi connectivity index (χ0) is 7.56. The Labute approximate surface area is 58.6 Å². The number of amidine groups is 1. The van der Waals surface area contributed by atoms with Gasteiger partial charge in [0.05, 0.1) is 0 Å². The van der Waals surface area contributed by atoms with Gasteiger partial charge in [-0.15, -0.1) is 0 Å². The summed E-state index contributed by atoms with van der Waals surface area (Å²) >= 11 is 0. The van der Waals surface area contributed by atoms with Crippen LogP contribution >= 0.6 is 0 Å². The SMILES string of the molecule is CN(C)C1=NC(=O)NOC1. The Hall–Kier alpha value is -1.10. The average molecular weight is 143 g/mol. The summed E-state index contributed by atoms with van der Waals surface area (Å²) < 4.78 is 0. The fourth-order valence-corrected chi connectivity index (χ4v) is 0.564. The molecule has 0 saturated carbocycles. The third kappa shape index (κ3) is 1.44. The summed E-state index contributed by atoms with van der Waals surface area (Å²) in [4.78, 5) is 20.6. The Bertz CT molecular complexity index is 176. The fourth-order valence-electron chi connectivity index (χ4n) is 0.564. The molecule has 0 spiro atoms. The van der Waals surface area contributed by atoms with Gasteiger partial charge in [-0.2, -0.15) is 4.99 Å². The molecule has 0 aliphatic carbocycles. The number of amides is 2. The summed E-state index contributed by atoms with van der Waals surface area (Å²) in [5, 5.41) is 0. The normalized spacial score (nSPS) is 17.8. The van der Waals surface area contributed by atoms with E-state index in [0.717, 1.165) is 0 Å². The van der Waals surface area contributed by atoms with Crippen LogP contribution in [0.1, 0.15) is 0 Å². The molecule has 2 amide bonds. The van der Waals surface area contributed by atoms with Gasteiger partial charge >= 0.3 is 6.03 Å². The van der Waals surface area contributed by atoms with Gasteiger partial charge in [0.2, 0.25) is 0 Å². The largest absolute Gasteiger partial charge is 0.366 e. The highest BCUT2D eigenvalue weighted by Gasteiger charge is 2.11. The molecular formula is C5H9N3O2. The van der Waals surface area contributed by atoms with Crippen LogP contribution in [0, 0.1) is 0 Å². The van der Waals surface area contributed by atoms with E-state index >= 15 is 0 Å². The molecule has 0 aromatic rings. The maximum atomic E-state index is 10.5. The van der Waals surface area contributed by atoms with Crippen molar-refractivity contribution in [3.05, 3.63) is 0 Å². The Morgan fingerprint density at radius 2 is 2.40 bits per heavy atom. The number of hydrogen-bond donors (Lipinski definition) is 1. The molecule has 0 unspecified atom stereocenters. The second-order valence-electron chi connectivity index (χ2n) is 2.12. The number of likely N-dealkylation sites (N-methyl/N-ethyl adjacent to an activating group) is 1. The smallest absolute Gasteiger partial charge is 0.364 e. The molecule has 0 radical (unpaired) electrons. The lowest BCUT2D eigenvalue weighted by atomic mass is 10.5. The van der Waals surface area contributed by atoms with Crippen molar-refractivity contribution in [3.8, 4) is 0 Å². The number of rotatable bonds is 0. The maximum Gasteiger partial charge on any atom is 0.366 e. The van der Waals surface area contributed by atoms with E-state index in [1.54, 1.807) is 19.0 Å². The molecule has 56 valence electrons. The number of nitrogens with one attached hydrogen (secondary N) is 1. The lowest BCUT2D eigenvalue weighted by Gasteiger charge is -2.18. The minimum absolute atomic E-state index is 0.332. The highest BCUT2D eigenvalue weighted by atomic mass is 16.7. The zero-order valence-corrected chi connectivity index (χ0v) is 5.92. The molecule has 0 atom stereocenters. The van der Waals surface area contributed by atoms with Crippen LogP contribution in [0.3, 0.4) is 0 Å². The first-order valence-electron chi connectivity index (χ1n) is 2.87. The maximum absolute atomic E-state index is 10.5. The van der Waals surface area contributed by atoms with E-state index in [1.807, 2.05) is 0 Å². The first-order valence-corrected chi connectivity index (χ1v) is 2.87. The summed E-state index contributed by atoms with van der Waals surface area (Å²) in [5.74, 6) is 0.628. The van der Waals surface area contributed by atoms with E-state index in [2.05, 4.69) is 15.3 Å². The summed E-state index contributed by atoms with van der Waals surface area (Å²) in [6, 6.07) is -0.449. The molecule has 1 aliphatic rings. The Morgan fingerprint density at radius 1 is 1.70 bits per heavy atom. The van der Waals surface area contributed by atoms with Crippen molar-refractivity contribution in [2.45, 2.75) is 0 Å². The van der Waals surface area contributed by atoms with Crippen LogP contribution in [-0.4, -0.2) is 37.5 Å². The number of carbonyl (C=O) groups is 1. The van der Waals surface area contributed by atoms with Gasteiger partial charge in [-0.1, -0.05) is 0 Å². The van der Waals surface area contributed by atoms with Gasteiger partial charge in [0, 0.05) is 14.1 Å². The average Bonchev–Trinajstić information content (AvgIpc) is 1.88. The number of aliphatic imine (C=N–C) groups is 1. The molecule has 1 rings (SSSR count). The molecule has 0 fully saturated rings. The van der Waals surface area contributed by atoms with Gasteiger partial charge in [-0.25, -0.2) is 10.3 Å².